The Bertz CT molecular complexity index is 884. The first-order valence-electron chi connectivity index (χ1n) is 8.85. The summed E-state index contributed by atoms with van der Waals surface area (Å²) in [7, 11) is 1.65. The van der Waals surface area contributed by atoms with Gasteiger partial charge in [-0.3, -0.25) is 4.79 Å². The molecule has 1 amide bonds. The summed E-state index contributed by atoms with van der Waals surface area (Å²) in [5.74, 6) is 0.819. The van der Waals surface area contributed by atoms with Crippen molar-refractivity contribution in [3.63, 3.8) is 0 Å². The summed E-state index contributed by atoms with van der Waals surface area (Å²) in [6, 6.07) is 0. The Morgan fingerprint density at radius 2 is 2.30 bits per heavy atom. The molecule has 1 aliphatic heterocycles. The fourth-order valence-electron chi connectivity index (χ4n) is 3.11. The molecule has 0 spiro atoms. The van der Waals surface area contributed by atoms with Crippen LogP contribution < -0.4 is 5.73 Å². The molecule has 1 aromatic rings. The summed E-state index contributed by atoms with van der Waals surface area (Å²) in [4.78, 5) is 14.8. The van der Waals surface area contributed by atoms with E-state index in [1.54, 1.807) is 36.2 Å². The van der Waals surface area contributed by atoms with E-state index in [0.29, 0.717) is 18.7 Å². The molecular formula is C21H24N4O2. The Morgan fingerprint density at radius 3 is 3.04 bits per heavy atom. The van der Waals surface area contributed by atoms with Gasteiger partial charge in [0.1, 0.15) is 5.76 Å². The topological polar surface area (TPSA) is 73.4 Å². The van der Waals surface area contributed by atoms with E-state index in [1.165, 1.54) is 11.8 Å². The molecule has 6 heteroatoms. The van der Waals surface area contributed by atoms with Crippen LogP contribution in [0.1, 0.15) is 22.5 Å². The molecule has 2 N–H and O–H groups in total. The second kappa shape index (κ2) is 8.40. The van der Waals surface area contributed by atoms with Crippen molar-refractivity contribution in [3.8, 4) is 0 Å². The van der Waals surface area contributed by atoms with Gasteiger partial charge in [0.25, 0.3) is 5.91 Å². The molecule has 0 unspecified atom stereocenters. The quantitative estimate of drug-likeness (QED) is 0.788. The van der Waals surface area contributed by atoms with E-state index in [1.807, 2.05) is 23.1 Å². The van der Waals surface area contributed by atoms with Gasteiger partial charge in [-0.1, -0.05) is 18.7 Å². The lowest BCUT2D eigenvalue weighted by atomic mass is 10.1. The van der Waals surface area contributed by atoms with Crippen molar-refractivity contribution in [1.29, 1.82) is 0 Å². The van der Waals surface area contributed by atoms with E-state index in [9.17, 15) is 4.79 Å². The Balaban J connectivity index is 1.79. The number of hydrogen-bond acceptors (Lipinski definition) is 4. The molecule has 27 heavy (non-hydrogen) atoms. The van der Waals surface area contributed by atoms with Gasteiger partial charge in [-0.05, 0) is 48.6 Å². The van der Waals surface area contributed by atoms with Crippen LogP contribution in [0.5, 0.6) is 0 Å². The highest BCUT2D eigenvalue weighted by molar-refractivity contribution is 5.96. The number of carbonyl (C=O) groups excluding carboxylic acids is 1. The molecule has 0 radical (unpaired) electrons. The average molecular weight is 364 g/mol. The van der Waals surface area contributed by atoms with Crippen molar-refractivity contribution in [1.82, 2.24) is 14.7 Å². The largest absolute Gasteiger partial charge is 0.497 e. The number of allylic oxidation sites excluding steroid dienone is 8. The van der Waals surface area contributed by atoms with Gasteiger partial charge in [0.05, 0.1) is 24.1 Å². The zero-order chi connectivity index (χ0) is 19.2. The predicted molar refractivity (Wildman–Crippen MR) is 107 cm³/mol. The molecular weight excluding hydrogens is 340 g/mol. The third-order valence-corrected chi connectivity index (χ3v) is 4.55. The molecule has 140 valence electrons. The lowest BCUT2D eigenvalue weighted by Crippen LogP contribution is -2.38. The number of carbonyl (C=O) groups is 1. The van der Waals surface area contributed by atoms with Crippen LogP contribution in [0.4, 0.5) is 0 Å². The van der Waals surface area contributed by atoms with E-state index in [4.69, 9.17) is 10.5 Å². The van der Waals surface area contributed by atoms with E-state index < -0.39 is 0 Å². The second-order valence-electron chi connectivity index (χ2n) is 6.30. The summed E-state index contributed by atoms with van der Waals surface area (Å²) < 4.78 is 6.93. The summed E-state index contributed by atoms with van der Waals surface area (Å²) in [5, 5.41) is 4.55. The van der Waals surface area contributed by atoms with Crippen LogP contribution in [0.2, 0.25) is 0 Å². The highest BCUT2D eigenvalue weighted by Gasteiger charge is 2.28. The summed E-state index contributed by atoms with van der Waals surface area (Å²) in [6.07, 6.45) is 17.9. The third kappa shape index (κ3) is 4.11. The normalized spacial score (nSPS) is 17.4. The molecule has 0 aromatic carbocycles. The fraction of sp³-hybridized carbons (Fsp3) is 0.238. The molecule has 0 atom stereocenters. The molecule has 3 rings (SSSR count). The maximum atomic E-state index is 12.9. The Kier molecular flexibility index (Phi) is 5.76. The number of aromatic nitrogens is 2. The van der Waals surface area contributed by atoms with Crippen LogP contribution in [0, 0.1) is 0 Å². The minimum absolute atomic E-state index is 0.00495. The maximum absolute atomic E-state index is 12.9. The van der Waals surface area contributed by atoms with Crippen LogP contribution in [-0.2, 0) is 11.2 Å². The van der Waals surface area contributed by atoms with Crippen molar-refractivity contribution in [2.24, 2.45) is 5.73 Å². The highest BCUT2D eigenvalue weighted by atomic mass is 16.5. The van der Waals surface area contributed by atoms with Gasteiger partial charge in [0.2, 0.25) is 0 Å². The Hall–Kier alpha value is -3.28. The third-order valence-electron chi connectivity index (χ3n) is 4.55. The van der Waals surface area contributed by atoms with Crippen molar-refractivity contribution in [2.45, 2.75) is 12.8 Å². The van der Waals surface area contributed by atoms with E-state index in [0.717, 1.165) is 30.0 Å². The minimum atomic E-state index is 0.00495. The van der Waals surface area contributed by atoms with Crippen LogP contribution in [-0.4, -0.2) is 40.8 Å². The minimum Gasteiger partial charge on any atom is -0.497 e. The van der Waals surface area contributed by atoms with Crippen molar-refractivity contribution >= 4 is 11.6 Å². The first kappa shape index (κ1) is 18.5. The highest BCUT2D eigenvalue weighted by Crippen LogP contribution is 2.22. The standard InChI is InChI=1S/C21H24N4O2/c1-3-17(7-5-12-22)25-15-19-20(23-25)11-13-24(21(19)26)14-16-6-4-8-18(27-2)10-9-16/h3-5,7-10,12,15H,1,6,11,13-14,22H2,2H3/b12-5-,17-7+. The van der Waals surface area contributed by atoms with Gasteiger partial charge >= 0.3 is 0 Å². The monoisotopic (exact) mass is 364 g/mol. The summed E-state index contributed by atoms with van der Waals surface area (Å²) >= 11 is 0. The molecule has 0 bridgehead atoms. The smallest absolute Gasteiger partial charge is 0.257 e. The molecule has 0 saturated heterocycles. The van der Waals surface area contributed by atoms with Gasteiger partial charge in [0, 0.05) is 25.7 Å². The van der Waals surface area contributed by atoms with Crippen molar-refractivity contribution in [2.75, 3.05) is 20.2 Å². The second-order valence-corrected chi connectivity index (χ2v) is 6.30. The van der Waals surface area contributed by atoms with Gasteiger partial charge in [-0.15, -0.1) is 0 Å². The lowest BCUT2D eigenvalue weighted by Gasteiger charge is -2.26. The number of rotatable bonds is 6. The predicted octanol–water partition coefficient (Wildman–Crippen LogP) is 2.80. The Labute approximate surface area is 159 Å². The van der Waals surface area contributed by atoms with Crippen LogP contribution in [0.15, 0.2) is 72.8 Å². The molecule has 1 aliphatic carbocycles. The number of nitrogens with two attached hydrogens (primary N) is 1. The molecule has 2 aliphatic rings. The van der Waals surface area contributed by atoms with E-state index in [-0.39, 0.29) is 5.91 Å². The average Bonchev–Trinajstić information content (AvgIpc) is 2.98. The van der Waals surface area contributed by atoms with E-state index >= 15 is 0 Å². The van der Waals surface area contributed by atoms with Crippen molar-refractivity contribution in [3.05, 3.63) is 84.1 Å². The molecule has 0 saturated carbocycles. The first-order valence-corrected chi connectivity index (χ1v) is 8.85. The van der Waals surface area contributed by atoms with E-state index in [2.05, 4.69) is 17.8 Å². The number of nitrogens with zero attached hydrogens (tertiary/aromatic N) is 3. The lowest BCUT2D eigenvalue weighted by molar-refractivity contribution is 0.0753. The number of fused-ring (bicyclic) bond motifs is 1. The molecule has 0 fully saturated rings. The summed E-state index contributed by atoms with van der Waals surface area (Å²) in [6.45, 7) is 5.05. The van der Waals surface area contributed by atoms with Crippen molar-refractivity contribution < 1.29 is 9.53 Å². The Morgan fingerprint density at radius 1 is 1.44 bits per heavy atom. The molecule has 1 aromatic heterocycles. The fourth-order valence-corrected chi connectivity index (χ4v) is 3.11. The van der Waals surface area contributed by atoms with Gasteiger partial charge in [-0.25, -0.2) is 4.68 Å². The number of ether oxygens (including phenoxy) is 1. The van der Waals surface area contributed by atoms with Crippen LogP contribution >= 0.6 is 0 Å². The van der Waals surface area contributed by atoms with Gasteiger partial charge in [-0.2, -0.15) is 5.10 Å². The number of amides is 1. The molecule has 6 nitrogen and oxygen atoms in total. The molecule has 2 heterocycles. The zero-order valence-electron chi connectivity index (χ0n) is 15.5. The first-order chi connectivity index (χ1) is 13.2. The van der Waals surface area contributed by atoms with Gasteiger partial charge < -0.3 is 15.4 Å². The zero-order valence-corrected chi connectivity index (χ0v) is 15.5. The number of hydrogen-bond donors (Lipinski definition) is 1. The summed E-state index contributed by atoms with van der Waals surface area (Å²) in [5.41, 5.74) is 8.78. The number of methoxy groups -OCH3 is 1. The SMILES string of the molecule is C=C/C(=C\C=C/N)n1cc2c(n1)CCN(CC1=CC=C(OC)C=CC1)C2=O. The van der Waals surface area contributed by atoms with Gasteiger partial charge in [0.15, 0.2) is 0 Å². The van der Waals surface area contributed by atoms with Crippen LogP contribution in [0.25, 0.3) is 5.70 Å². The van der Waals surface area contributed by atoms with Crippen LogP contribution in [0.3, 0.4) is 0 Å². The maximum Gasteiger partial charge on any atom is 0.257 e.